The highest BCUT2D eigenvalue weighted by Crippen LogP contribution is 2.20. The number of aromatic amines is 1. The number of benzene rings is 3. The molecular weight excluding hydrogens is 491 g/mol. The van der Waals surface area contributed by atoms with E-state index in [4.69, 9.17) is 0 Å². The van der Waals surface area contributed by atoms with Crippen LogP contribution < -0.4 is 16.6 Å². The van der Waals surface area contributed by atoms with Crippen LogP contribution in [0.15, 0.2) is 97.9 Å². The maximum absolute atomic E-state index is 13.6. The van der Waals surface area contributed by atoms with Crippen molar-refractivity contribution >= 4 is 27.5 Å². The van der Waals surface area contributed by atoms with E-state index in [9.17, 15) is 19.1 Å². The molecule has 4 rings (SSSR count). The number of amidine groups is 1. The second-order valence-electron chi connectivity index (χ2n) is 7.06. The Morgan fingerprint density at radius 3 is 2.45 bits per heavy atom. The molecule has 7 nitrogen and oxygen atoms in total. The first-order valence-corrected chi connectivity index (χ1v) is 10.7. The maximum atomic E-state index is 13.6. The molecule has 9 heteroatoms. The number of hydrogen-bond donors (Lipinski definition) is 3. The minimum atomic E-state index is -0.813. The number of nitrogens with one attached hydrogen (secondary N) is 2. The number of rotatable bonds is 5. The normalized spacial score (nSPS) is 11.4. The number of nitrogens with zero attached hydrogens (tertiary/aromatic N) is 2. The summed E-state index contributed by atoms with van der Waals surface area (Å²) in [5, 5.41) is 14.0. The molecule has 0 fully saturated rings. The van der Waals surface area contributed by atoms with Crippen LogP contribution >= 0.6 is 15.9 Å². The molecule has 0 unspecified atom stereocenters. The van der Waals surface area contributed by atoms with Crippen LogP contribution in [0.25, 0.3) is 5.69 Å². The minimum absolute atomic E-state index is 0.0232. The highest BCUT2D eigenvalue weighted by molar-refractivity contribution is 9.10. The van der Waals surface area contributed by atoms with Crippen LogP contribution in [0.4, 0.5) is 10.1 Å². The van der Waals surface area contributed by atoms with Gasteiger partial charge in [0.05, 0.1) is 12.2 Å². The van der Waals surface area contributed by atoms with E-state index in [0.29, 0.717) is 16.9 Å². The summed E-state index contributed by atoms with van der Waals surface area (Å²) in [4.78, 5) is 32.0. The molecule has 3 N–H and O–H groups in total. The minimum Gasteiger partial charge on any atom is -0.493 e. The fraction of sp³-hybridized carbons (Fsp3) is 0.0417. The van der Waals surface area contributed by atoms with Crippen molar-refractivity contribution in [3.8, 4) is 11.6 Å². The SMILES string of the molecule is O=c1[nH]c(=O)n(-c2ccc(Br)cc2)c(O)c1C(=NCc1cccc(F)c1)Nc1ccccc1. The lowest BCUT2D eigenvalue weighted by Crippen LogP contribution is -2.35. The Morgan fingerprint density at radius 1 is 1.03 bits per heavy atom. The van der Waals surface area contributed by atoms with Crippen LogP contribution in [0, 0.1) is 5.82 Å². The zero-order valence-electron chi connectivity index (χ0n) is 17.1. The first-order valence-electron chi connectivity index (χ1n) is 9.88. The summed E-state index contributed by atoms with van der Waals surface area (Å²) in [5.74, 6) is -0.965. The van der Waals surface area contributed by atoms with Gasteiger partial charge in [-0.25, -0.2) is 13.8 Å². The fourth-order valence-corrected chi connectivity index (χ4v) is 3.48. The van der Waals surface area contributed by atoms with Gasteiger partial charge in [0.15, 0.2) is 0 Å². The number of anilines is 1. The van der Waals surface area contributed by atoms with Crippen molar-refractivity contribution in [2.24, 2.45) is 4.99 Å². The predicted octanol–water partition coefficient (Wildman–Crippen LogP) is 4.19. The highest BCUT2D eigenvalue weighted by atomic mass is 79.9. The van der Waals surface area contributed by atoms with E-state index in [1.54, 1.807) is 60.7 Å². The Bertz CT molecular complexity index is 1430. The average molecular weight is 509 g/mol. The molecule has 4 aromatic rings. The van der Waals surface area contributed by atoms with Crippen molar-refractivity contribution in [3.05, 3.63) is 121 Å². The zero-order valence-corrected chi connectivity index (χ0v) is 18.7. The van der Waals surface area contributed by atoms with Crippen LogP contribution in [0.3, 0.4) is 0 Å². The molecule has 0 aliphatic carbocycles. The van der Waals surface area contributed by atoms with Crippen LogP contribution in [-0.4, -0.2) is 20.5 Å². The molecule has 33 heavy (non-hydrogen) atoms. The van der Waals surface area contributed by atoms with E-state index >= 15 is 0 Å². The number of halogens is 2. The predicted molar refractivity (Wildman–Crippen MR) is 129 cm³/mol. The summed E-state index contributed by atoms with van der Waals surface area (Å²) >= 11 is 3.33. The van der Waals surface area contributed by atoms with Crippen molar-refractivity contribution < 1.29 is 9.50 Å². The van der Waals surface area contributed by atoms with Crippen molar-refractivity contribution in [1.82, 2.24) is 9.55 Å². The van der Waals surface area contributed by atoms with Gasteiger partial charge in [0.2, 0.25) is 5.88 Å². The molecule has 0 aliphatic rings. The Kier molecular flexibility index (Phi) is 6.50. The monoisotopic (exact) mass is 508 g/mol. The number of para-hydroxylation sites is 1. The molecule has 0 saturated heterocycles. The van der Waals surface area contributed by atoms with Crippen LogP contribution in [0.1, 0.15) is 11.1 Å². The zero-order chi connectivity index (χ0) is 23.4. The van der Waals surface area contributed by atoms with Gasteiger partial charge < -0.3 is 10.4 Å². The number of aliphatic imine (C=N–C) groups is 1. The number of aromatic hydroxyl groups is 1. The Labute approximate surface area is 196 Å². The van der Waals surface area contributed by atoms with Gasteiger partial charge in [0.1, 0.15) is 17.2 Å². The van der Waals surface area contributed by atoms with Crippen LogP contribution in [0.2, 0.25) is 0 Å². The van der Waals surface area contributed by atoms with Gasteiger partial charge in [-0.3, -0.25) is 14.8 Å². The largest absolute Gasteiger partial charge is 0.493 e. The lowest BCUT2D eigenvalue weighted by molar-refractivity contribution is 0.429. The van der Waals surface area contributed by atoms with Crippen molar-refractivity contribution in [2.45, 2.75) is 6.54 Å². The topological polar surface area (TPSA) is 99.5 Å². The van der Waals surface area contributed by atoms with Gasteiger partial charge in [-0.1, -0.05) is 46.3 Å². The summed E-state index contributed by atoms with van der Waals surface area (Å²) in [7, 11) is 0. The standard InChI is InChI=1S/C24H18BrFN4O3/c25-16-9-11-19(12-10-16)30-23(32)20(22(31)29-24(30)33)21(28-18-7-2-1-3-8-18)27-14-15-5-4-6-17(26)13-15/h1-13,32H,14H2,(H,27,28)(H,29,31,33). The third-order valence-electron chi connectivity index (χ3n) is 4.75. The van der Waals surface area contributed by atoms with Crippen molar-refractivity contribution in [3.63, 3.8) is 0 Å². The fourth-order valence-electron chi connectivity index (χ4n) is 3.21. The molecule has 0 radical (unpaired) electrons. The second-order valence-corrected chi connectivity index (χ2v) is 7.97. The molecule has 0 spiro atoms. The van der Waals surface area contributed by atoms with E-state index < -0.39 is 22.9 Å². The average Bonchev–Trinajstić information content (AvgIpc) is 2.79. The van der Waals surface area contributed by atoms with Gasteiger partial charge in [0, 0.05) is 10.2 Å². The summed E-state index contributed by atoms with van der Waals surface area (Å²) in [6, 6.07) is 21.5. The maximum Gasteiger partial charge on any atom is 0.335 e. The van der Waals surface area contributed by atoms with Gasteiger partial charge in [0.25, 0.3) is 5.56 Å². The van der Waals surface area contributed by atoms with E-state index in [1.807, 2.05) is 6.07 Å². The smallest absolute Gasteiger partial charge is 0.335 e. The summed E-state index contributed by atoms with van der Waals surface area (Å²) in [5.41, 5.74) is -0.310. The molecule has 166 valence electrons. The van der Waals surface area contributed by atoms with E-state index in [-0.39, 0.29) is 17.9 Å². The third-order valence-corrected chi connectivity index (χ3v) is 5.28. The molecule has 0 saturated carbocycles. The Hall–Kier alpha value is -3.98. The molecule has 1 heterocycles. The summed E-state index contributed by atoms with van der Waals surface area (Å²) in [6.45, 7) is 0.0310. The first kappa shape index (κ1) is 22.2. The van der Waals surface area contributed by atoms with E-state index in [1.165, 1.54) is 12.1 Å². The Morgan fingerprint density at radius 2 is 1.76 bits per heavy atom. The van der Waals surface area contributed by atoms with E-state index in [0.717, 1.165) is 9.04 Å². The van der Waals surface area contributed by atoms with E-state index in [2.05, 4.69) is 31.2 Å². The van der Waals surface area contributed by atoms with Crippen molar-refractivity contribution in [2.75, 3.05) is 5.32 Å². The second kappa shape index (κ2) is 9.66. The van der Waals surface area contributed by atoms with Gasteiger partial charge in [-0.2, -0.15) is 0 Å². The van der Waals surface area contributed by atoms with Gasteiger partial charge >= 0.3 is 5.69 Å². The highest BCUT2D eigenvalue weighted by Gasteiger charge is 2.21. The molecule has 1 aromatic heterocycles. The van der Waals surface area contributed by atoms with Crippen LogP contribution in [0.5, 0.6) is 5.88 Å². The lowest BCUT2D eigenvalue weighted by Gasteiger charge is -2.15. The third kappa shape index (κ3) is 5.09. The van der Waals surface area contributed by atoms with Crippen molar-refractivity contribution in [1.29, 1.82) is 0 Å². The number of aromatic nitrogens is 2. The molecule has 0 atom stereocenters. The summed E-state index contributed by atoms with van der Waals surface area (Å²) in [6.07, 6.45) is 0. The molecular formula is C24H18BrFN4O3. The molecule has 3 aromatic carbocycles. The number of H-pyrrole nitrogens is 1. The Balaban J connectivity index is 1.86. The molecule has 0 bridgehead atoms. The quantitative estimate of drug-likeness (QED) is 0.278. The molecule has 0 amide bonds. The lowest BCUT2D eigenvalue weighted by atomic mass is 10.2. The van der Waals surface area contributed by atoms with Gasteiger partial charge in [-0.15, -0.1) is 0 Å². The summed E-state index contributed by atoms with van der Waals surface area (Å²) < 4.78 is 15.4. The van der Waals surface area contributed by atoms with Crippen LogP contribution in [-0.2, 0) is 6.54 Å². The first-order chi connectivity index (χ1) is 15.9. The van der Waals surface area contributed by atoms with Gasteiger partial charge in [-0.05, 0) is 54.1 Å². The number of hydrogen-bond acceptors (Lipinski definition) is 4. The molecule has 0 aliphatic heterocycles.